The molecular formula is C18H18ClN3O2S. The van der Waals surface area contributed by atoms with E-state index < -0.39 is 0 Å². The normalized spacial score (nSPS) is 11.0. The van der Waals surface area contributed by atoms with Crippen molar-refractivity contribution < 1.29 is 9.59 Å². The van der Waals surface area contributed by atoms with Gasteiger partial charge in [-0.3, -0.25) is 9.59 Å². The van der Waals surface area contributed by atoms with Crippen molar-refractivity contribution >= 4 is 40.3 Å². The number of nitrogens with one attached hydrogen (secondary N) is 1. The number of Topliss-reactive ketones (excluding diaryl/α,β-unsaturated/α-hetero) is 1. The van der Waals surface area contributed by atoms with Crippen molar-refractivity contribution in [1.82, 2.24) is 14.7 Å². The number of fused-ring (bicyclic) bond motifs is 1. The van der Waals surface area contributed by atoms with E-state index in [0.29, 0.717) is 11.6 Å². The maximum absolute atomic E-state index is 12.2. The molecular weight excluding hydrogens is 358 g/mol. The third-order valence-electron chi connectivity index (χ3n) is 3.85. The Hall–Kier alpha value is -2.18. The highest BCUT2D eigenvalue weighted by atomic mass is 35.5. The van der Waals surface area contributed by atoms with Crippen molar-refractivity contribution in [2.75, 3.05) is 0 Å². The van der Waals surface area contributed by atoms with Crippen LogP contribution in [-0.2, 0) is 11.3 Å². The molecule has 1 amide bonds. The Morgan fingerprint density at radius 1 is 1.24 bits per heavy atom. The molecule has 1 N–H and O–H groups in total. The zero-order chi connectivity index (χ0) is 18.0. The lowest BCUT2D eigenvalue weighted by atomic mass is 10.1. The first-order chi connectivity index (χ1) is 11.9. The maximum Gasteiger partial charge on any atom is 0.220 e. The van der Waals surface area contributed by atoms with Gasteiger partial charge in [-0.1, -0.05) is 11.6 Å². The standard InChI is InChI=1S/C18H18ClN3O2S/c1-11-7-15(12(2)25-11)16(23)4-6-18(24)20-8-14-10-22-9-13(19)3-5-17(22)21-14/h3,5,7,9-10H,4,6,8H2,1-2H3,(H,20,24). The molecule has 0 saturated carbocycles. The summed E-state index contributed by atoms with van der Waals surface area (Å²) in [7, 11) is 0. The SMILES string of the molecule is Cc1cc(C(=O)CCC(=O)NCc2cn3cc(Cl)ccc3n2)c(C)s1. The minimum Gasteiger partial charge on any atom is -0.350 e. The summed E-state index contributed by atoms with van der Waals surface area (Å²) < 4.78 is 1.81. The smallest absolute Gasteiger partial charge is 0.220 e. The summed E-state index contributed by atoms with van der Waals surface area (Å²) in [6.07, 6.45) is 3.97. The van der Waals surface area contributed by atoms with E-state index >= 15 is 0 Å². The molecule has 0 unspecified atom stereocenters. The molecule has 0 aromatic carbocycles. The molecule has 0 spiro atoms. The van der Waals surface area contributed by atoms with Crippen LogP contribution in [0.4, 0.5) is 0 Å². The van der Waals surface area contributed by atoms with Gasteiger partial charge in [0.25, 0.3) is 0 Å². The van der Waals surface area contributed by atoms with Crippen LogP contribution >= 0.6 is 22.9 Å². The Balaban J connectivity index is 1.52. The van der Waals surface area contributed by atoms with Crippen LogP contribution in [0.15, 0.2) is 30.6 Å². The first-order valence-electron chi connectivity index (χ1n) is 7.92. The molecule has 130 valence electrons. The average Bonchev–Trinajstić information content (AvgIpc) is 3.12. The number of nitrogens with zero attached hydrogens (tertiary/aromatic N) is 2. The summed E-state index contributed by atoms with van der Waals surface area (Å²) in [5.41, 5.74) is 2.24. The van der Waals surface area contributed by atoms with Crippen molar-refractivity contribution in [3.8, 4) is 0 Å². The molecule has 0 saturated heterocycles. The van der Waals surface area contributed by atoms with Crippen LogP contribution in [0.5, 0.6) is 0 Å². The fourth-order valence-corrected chi connectivity index (χ4v) is 3.76. The van der Waals surface area contributed by atoms with Gasteiger partial charge in [0, 0.05) is 40.6 Å². The number of halogens is 1. The topological polar surface area (TPSA) is 63.5 Å². The van der Waals surface area contributed by atoms with Crippen LogP contribution in [0, 0.1) is 13.8 Å². The van der Waals surface area contributed by atoms with Crippen molar-refractivity contribution in [2.24, 2.45) is 0 Å². The van der Waals surface area contributed by atoms with Gasteiger partial charge in [0.15, 0.2) is 5.78 Å². The summed E-state index contributed by atoms with van der Waals surface area (Å²) in [5.74, 6) is -0.146. The van der Waals surface area contributed by atoms with Gasteiger partial charge in [-0.05, 0) is 32.0 Å². The van der Waals surface area contributed by atoms with E-state index in [4.69, 9.17) is 11.6 Å². The lowest BCUT2D eigenvalue weighted by Crippen LogP contribution is -2.23. The van der Waals surface area contributed by atoms with Crippen LogP contribution in [0.2, 0.25) is 5.02 Å². The zero-order valence-corrected chi connectivity index (χ0v) is 15.6. The number of carbonyl (C=O) groups is 2. The van der Waals surface area contributed by atoms with Crippen LogP contribution in [-0.4, -0.2) is 21.1 Å². The molecule has 0 aliphatic heterocycles. The number of imidazole rings is 1. The Kier molecular flexibility index (Phi) is 5.20. The molecule has 3 heterocycles. The lowest BCUT2D eigenvalue weighted by Gasteiger charge is -2.03. The number of thiophene rings is 1. The van der Waals surface area contributed by atoms with Gasteiger partial charge >= 0.3 is 0 Å². The number of aromatic nitrogens is 2. The zero-order valence-electron chi connectivity index (χ0n) is 14.0. The fraction of sp³-hybridized carbons (Fsp3) is 0.278. The fourth-order valence-electron chi connectivity index (χ4n) is 2.65. The average molecular weight is 376 g/mol. The van der Waals surface area contributed by atoms with Crippen molar-refractivity contribution in [2.45, 2.75) is 33.2 Å². The van der Waals surface area contributed by atoms with E-state index in [1.165, 1.54) is 0 Å². The summed E-state index contributed by atoms with van der Waals surface area (Å²) in [6, 6.07) is 5.48. The van der Waals surface area contributed by atoms with E-state index in [2.05, 4.69) is 10.3 Å². The molecule has 5 nitrogen and oxygen atoms in total. The van der Waals surface area contributed by atoms with Gasteiger partial charge in [-0.25, -0.2) is 4.98 Å². The number of ketones is 1. The maximum atomic E-state index is 12.2. The molecule has 0 fully saturated rings. The number of hydrogen-bond acceptors (Lipinski definition) is 4. The highest BCUT2D eigenvalue weighted by Gasteiger charge is 2.14. The minimum absolute atomic E-state index is 0.0133. The summed E-state index contributed by atoms with van der Waals surface area (Å²) in [5, 5.41) is 3.43. The van der Waals surface area contributed by atoms with Crippen LogP contribution in [0.25, 0.3) is 5.65 Å². The highest BCUT2D eigenvalue weighted by molar-refractivity contribution is 7.12. The third kappa shape index (κ3) is 4.27. The highest BCUT2D eigenvalue weighted by Crippen LogP contribution is 2.22. The molecule has 0 atom stereocenters. The number of amides is 1. The molecule has 7 heteroatoms. The summed E-state index contributed by atoms with van der Waals surface area (Å²) in [6.45, 7) is 4.23. The van der Waals surface area contributed by atoms with Gasteiger partial charge in [0.05, 0.1) is 17.3 Å². The van der Waals surface area contributed by atoms with E-state index in [0.717, 1.165) is 26.7 Å². The van der Waals surface area contributed by atoms with Crippen molar-refractivity contribution in [3.63, 3.8) is 0 Å². The Bertz CT molecular complexity index is 945. The first kappa shape index (κ1) is 17.6. The summed E-state index contributed by atoms with van der Waals surface area (Å²) in [4.78, 5) is 30.7. The first-order valence-corrected chi connectivity index (χ1v) is 9.12. The summed E-state index contributed by atoms with van der Waals surface area (Å²) >= 11 is 7.54. The quantitative estimate of drug-likeness (QED) is 0.663. The van der Waals surface area contributed by atoms with E-state index in [1.807, 2.05) is 36.6 Å². The van der Waals surface area contributed by atoms with Crippen molar-refractivity contribution in [3.05, 3.63) is 56.6 Å². The molecule has 0 bridgehead atoms. The van der Waals surface area contributed by atoms with Gasteiger partial charge in [-0.2, -0.15) is 0 Å². The molecule has 0 aliphatic rings. The number of rotatable bonds is 6. The molecule has 0 aliphatic carbocycles. The number of carbonyl (C=O) groups excluding carboxylic acids is 2. The number of hydrogen-bond donors (Lipinski definition) is 1. The van der Waals surface area contributed by atoms with E-state index in [9.17, 15) is 9.59 Å². The number of aryl methyl sites for hydroxylation is 2. The van der Waals surface area contributed by atoms with Crippen LogP contribution in [0.1, 0.15) is 38.6 Å². The van der Waals surface area contributed by atoms with Crippen LogP contribution < -0.4 is 5.32 Å². The van der Waals surface area contributed by atoms with E-state index in [1.54, 1.807) is 23.6 Å². The Morgan fingerprint density at radius 3 is 2.76 bits per heavy atom. The second-order valence-electron chi connectivity index (χ2n) is 5.87. The van der Waals surface area contributed by atoms with Gasteiger partial charge in [0.1, 0.15) is 5.65 Å². The van der Waals surface area contributed by atoms with Crippen LogP contribution in [0.3, 0.4) is 0 Å². The third-order valence-corrected chi connectivity index (χ3v) is 5.04. The van der Waals surface area contributed by atoms with Gasteiger partial charge in [-0.15, -0.1) is 11.3 Å². The molecule has 3 rings (SSSR count). The number of pyridine rings is 1. The Morgan fingerprint density at radius 2 is 2.04 bits per heavy atom. The molecule has 3 aromatic heterocycles. The monoisotopic (exact) mass is 375 g/mol. The lowest BCUT2D eigenvalue weighted by molar-refractivity contribution is -0.121. The Labute approximate surface area is 154 Å². The molecule has 3 aromatic rings. The van der Waals surface area contributed by atoms with E-state index in [-0.39, 0.29) is 24.5 Å². The minimum atomic E-state index is -0.159. The second-order valence-corrected chi connectivity index (χ2v) is 7.77. The second kappa shape index (κ2) is 7.37. The molecule has 0 radical (unpaired) electrons. The predicted molar refractivity (Wildman–Crippen MR) is 99.4 cm³/mol. The van der Waals surface area contributed by atoms with Gasteiger partial charge < -0.3 is 9.72 Å². The predicted octanol–water partition coefficient (Wildman–Crippen LogP) is 3.95. The van der Waals surface area contributed by atoms with Crippen molar-refractivity contribution in [1.29, 1.82) is 0 Å². The van der Waals surface area contributed by atoms with Gasteiger partial charge in [0.2, 0.25) is 5.91 Å². The largest absolute Gasteiger partial charge is 0.350 e. The molecule has 25 heavy (non-hydrogen) atoms.